The molecule has 3 nitrogen and oxygen atoms in total. The third kappa shape index (κ3) is 2.69. The fourth-order valence-electron chi connectivity index (χ4n) is 2.07. The van der Waals surface area contributed by atoms with Crippen molar-refractivity contribution in [1.82, 2.24) is 0 Å². The molecule has 3 aromatic carbocycles. The molecule has 0 saturated heterocycles. The minimum atomic E-state index is 0.0779. The average Bonchev–Trinajstić information content (AvgIpc) is 2.48. The Bertz CT molecular complexity index is 868. The molecule has 0 heterocycles. The van der Waals surface area contributed by atoms with Crippen molar-refractivity contribution in [2.24, 2.45) is 0 Å². The summed E-state index contributed by atoms with van der Waals surface area (Å²) in [4.78, 5) is 0. The highest BCUT2D eigenvalue weighted by molar-refractivity contribution is 9.10. The average molecular weight is 340 g/mol. The molecule has 0 atom stereocenters. The van der Waals surface area contributed by atoms with Crippen molar-refractivity contribution >= 4 is 26.7 Å². The predicted molar refractivity (Wildman–Crippen MR) is 84.5 cm³/mol. The van der Waals surface area contributed by atoms with Gasteiger partial charge in [-0.05, 0) is 57.0 Å². The van der Waals surface area contributed by atoms with Gasteiger partial charge in [-0.2, -0.15) is 5.26 Å². The molecule has 0 amide bonds. The summed E-state index contributed by atoms with van der Waals surface area (Å²) in [6.45, 7) is 0. The van der Waals surface area contributed by atoms with Gasteiger partial charge in [0.05, 0.1) is 5.56 Å². The minimum Gasteiger partial charge on any atom is -0.504 e. The predicted octanol–water partition coefficient (Wildman–Crippen LogP) is 4.97. The van der Waals surface area contributed by atoms with E-state index >= 15 is 0 Å². The highest BCUT2D eigenvalue weighted by atomic mass is 79.9. The van der Waals surface area contributed by atoms with E-state index in [1.807, 2.05) is 24.3 Å². The Kier molecular flexibility index (Phi) is 3.51. The maximum atomic E-state index is 10.1. The summed E-state index contributed by atoms with van der Waals surface area (Å²) in [7, 11) is 0. The van der Waals surface area contributed by atoms with E-state index in [0.717, 1.165) is 10.8 Å². The molecular formula is C17H10BrNO2. The zero-order valence-electron chi connectivity index (χ0n) is 10.9. The summed E-state index contributed by atoms with van der Waals surface area (Å²) < 4.78 is 6.36. The number of nitrogens with zero attached hydrogens (tertiary/aromatic N) is 1. The molecule has 0 aromatic heterocycles. The SMILES string of the molecule is N#Cc1ccc(Oc2cc3ccccc3cc2O)cc1Br. The summed E-state index contributed by atoms with van der Waals surface area (Å²) in [6.07, 6.45) is 0. The van der Waals surface area contributed by atoms with Crippen molar-refractivity contribution < 1.29 is 9.84 Å². The number of hydrogen-bond donors (Lipinski definition) is 1. The third-order valence-corrected chi connectivity index (χ3v) is 3.77. The van der Waals surface area contributed by atoms with E-state index in [9.17, 15) is 5.11 Å². The second-order valence-corrected chi connectivity index (χ2v) is 5.38. The highest BCUT2D eigenvalue weighted by Gasteiger charge is 2.08. The van der Waals surface area contributed by atoms with Crippen molar-refractivity contribution in [3.63, 3.8) is 0 Å². The van der Waals surface area contributed by atoms with Gasteiger partial charge in [0.1, 0.15) is 11.8 Å². The van der Waals surface area contributed by atoms with Crippen LogP contribution in [0, 0.1) is 11.3 Å². The summed E-state index contributed by atoms with van der Waals surface area (Å²) in [6, 6.07) is 18.3. The van der Waals surface area contributed by atoms with E-state index in [1.165, 1.54) is 0 Å². The molecule has 0 saturated carbocycles. The van der Waals surface area contributed by atoms with Crippen LogP contribution in [-0.2, 0) is 0 Å². The number of halogens is 1. The molecule has 0 fully saturated rings. The van der Waals surface area contributed by atoms with Crippen LogP contribution in [0.1, 0.15) is 5.56 Å². The molecular weight excluding hydrogens is 330 g/mol. The second-order valence-electron chi connectivity index (χ2n) is 4.52. The molecule has 0 aliphatic heterocycles. The van der Waals surface area contributed by atoms with Crippen LogP contribution < -0.4 is 4.74 Å². The Balaban J connectivity index is 2.00. The Morgan fingerprint density at radius 1 is 1.00 bits per heavy atom. The first-order valence-corrected chi connectivity index (χ1v) is 7.06. The first-order valence-electron chi connectivity index (χ1n) is 6.26. The Morgan fingerprint density at radius 3 is 2.38 bits per heavy atom. The number of nitriles is 1. The largest absolute Gasteiger partial charge is 0.504 e. The van der Waals surface area contributed by atoms with Crippen LogP contribution in [0.5, 0.6) is 17.2 Å². The van der Waals surface area contributed by atoms with Crippen molar-refractivity contribution in [3.8, 4) is 23.3 Å². The van der Waals surface area contributed by atoms with Gasteiger partial charge in [-0.1, -0.05) is 24.3 Å². The molecule has 1 N–H and O–H groups in total. The van der Waals surface area contributed by atoms with Gasteiger partial charge in [0.25, 0.3) is 0 Å². The molecule has 0 bridgehead atoms. The quantitative estimate of drug-likeness (QED) is 0.716. The Hall–Kier alpha value is -2.51. The Morgan fingerprint density at radius 2 is 1.71 bits per heavy atom. The number of ether oxygens (including phenoxy) is 1. The number of hydrogen-bond acceptors (Lipinski definition) is 3. The fraction of sp³-hybridized carbons (Fsp3) is 0. The summed E-state index contributed by atoms with van der Waals surface area (Å²) in [5.74, 6) is 1.01. The van der Waals surface area contributed by atoms with Gasteiger partial charge >= 0.3 is 0 Å². The number of phenols is 1. The van der Waals surface area contributed by atoms with E-state index in [1.54, 1.807) is 30.3 Å². The highest BCUT2D eigenvalue weighted by Crippen LogP contribution is 2.35. The molecule has 0 spiro atoms. The van der Waals surface area contributed by atoms with Crippen molar-refractivity contribution in [2.75, 3.05) is 0 Å². The lowest BCUT2D eigenvalue weighted by Gasteiger charge is -2.10. The van der Waals surface area contributed by atoms with E-state index < -0.39 is 0 Å². The normalized spacial score (nSPS) is 10.3. The first-order chi connectivity index (χ1) is 10.2. The van der Waals surface area contributed by atoms with Gasteiger partial charge in [-0.3, -0.25) is 0 Å². The maximum absolute atomic E-state index is 10.1. The fourth-order valence-corrected chi connectivity index (χ4v) is 2.51. The molecule has 0 aliphatic rings. The second kappa shape index (κ2) is 5.47. The molecule has 3 rings (SSSR count). The van der Waals surface area contributed by atoms with Crippen LogP contribution in [0.3, 0.4) is 0 Å². The van der Waals surface area contributed by atoms with E-state index in [2.05, 4.69) is 22.0 Å². The monoisotopic (exact) mass is 339 g/mol. The van der Waals surface area contributed by atoms with Gasteiger partial charge in [0.2, 0.25) is 0 Å². The molecule has 3 aromatic rings. The van der Waals surface area contributed by atoms with Crippen LogP contribution in [0.2, 0.25) is 0 Å². The molecule has 0 radical (unpaired) electrons. The topological polar surface area (TPSA) is 53.2 Å². The molecule has 0 unspecified atom stereocenters. The van der Waals surface area contributed by atoms with Gasteiger partial charge < -0.3 is 9.84 Å². The van der Waals surface area contributed by atoms with Crippen molar-refractivity contribution in [2.45, 2.75) is 0 Å². The van der Waals surface area contributed by atoms with E-state index in [4.69, 9.17) is 10.00 Å². The lowest BCUT2D eigenvalue weighted by Crippen LogP contribution is -1.87. The van der Waals surface area contributed by atoms with Crippen LogP contribution in [0.15, 0.2) is 59.1 Å². The number of phenolic OH excluding ortho intramolecular Hbond substituents is 1. The van der Waals surface area contributed by atoms with Gasteiger partial charge in [-0.15, -0.1) is 0 Å². The number of aromatic hydroxyl groups is 1. The maximum Gasteiger partial charge on any atom is 0.169 e. The van der Waals surface area contributed by atoms with Crippen molar-refractivity contribution in [3.05, 3.63) is 64.6 Å². The molecule has 0 aliphatic carbocycles. The lowest BCUT2D eigenvalue weighted by atomic mass is 10.1. The number of rotatable bonds is 2. The van der Waals surface area contributed by atoms with E-state index in [-0.39, 0.29) is 5.75 Å². The van der Waals surface area contributed by atoms with Crippen LogP contribution in [0.4, 0.5) is 0 Å². The Labute approximate surface area is 130 Å². The van der Waals surface area contributed by atoms with Crippen LogP contribution in [-0.4, -0.2) is 5.11 Å². The number of fused-ring (bicyclic) bond motifs is 1. The molecule has 4 heteroatoms. The summed E-state index contributed by atoms with van der Waals surface area (Å²) in [5, 5.41) is 20.9. The minimum absolute atomic E-state index is 0.0779. The molecule has 21 heavy (non-hydrogen) atoms. The standard InChI is InChI=1S/C17H10BrNO2/c18-15-9-14(6-5-13(15)10-19)21-17-8-12-4-2-1-3-11(12)7-16(17)20/h1-9,20H. The third-order valence-electron chi connectivity index (χ3n) is 3.12. The molecule has 102 valence electrons. The smallest absolute Gasteiger partial charge is 0.169 e. The first kappa shape index (κ1) is 13.5. The van der Waals surface area contributed by atoms with Crippen LogP contribution >= 0.6 is 15.9 Å². The van der Waals surface area contributed by atoms with Gasteiger partial charge in [-0.25, -0.2) is 0 Å². The van der Waals surface area contributed by atoms with Crippen LogP contribution in [0.25, 0.3) is 10.8 Å². The summed E-state index contributed by atoms with van der Waals surface area (Å²) in [5.41, 5.74) is 0.532. The van der Waals surface area contributed by atoms with E-state index in [0.29, 0.717) is 21.5 Å². The zero-order chi connectivity index (χ0) is 14.8. The zero-order valence-corrected chi connectivity index (χ0v) is 12.5. The van der Waals surface area contributed by atoms with Gasteiger partial charge in [0, 0.05) is 4.47 Å². The lowest BCUT2D eigenvalue weighted by molar-refractivity contribution is 0.412. The summed E-state index contributed by atoms with van der Waals surface area (Å²) >= 11 is 3.31. The van der Waals surface area contributed by atoms with Crippen molar-refractivity contribution in [1.29, 1.82) is 5.26 Å². The van der Waals surface area contributed by atoms with Gasteiger partial charge in [0.15, 0.2) is 11.5 Å². The number of benzene rings is 3.